The summed E-state index contributed by atoms with van der Waals surface area (Å²) < 4.78 is 15.0. The van der Waals surface area contributed by atoms with E-state index in [0.717, 1.165) is 5.56 Å². The summed E-state index contributed by atoms with van der Waals surface area (Å²) in [7, 11) is 0. The molecule has 0 aliphatic rings. The van der Waals surface area contributed by atoms with Gasteiger partial charge in [0.25, 0.3) is 0 Å². The molecular weight excluding hydrogens is 277 g/mol. The Morgan fingerprint density at radius 2 is 1.86 bits per heavy atom. The van der Waals surface area contributed by atoms with Gasteiger partial charge in [0.1, 0.15) is 11.5 Å². The average Bonchev–Trinajstić information content (AvgIpc) is 3.02. The topological polar surface area (TPSA) is 22.2 Å². The molecule has 0 unspecified atom stereocenters. The van der Waals surface area contributed by atoms with Gasteiger partial charge in [0.15, 0.2) is 5.69 Å². The molecule has 0 radical (unpaired) electrons. The van der Waals surface area contributed by atoms with Crippen molar-refractivity contribution < 1.29 is 4.39 Å². The highest BCUT2D eigenvalue weighted by Crippen LogP contribution is 2.19. The second kappa shape index (κ2) is 5.95. The lowest BCUT2D eigenvalue weighted by Gasteiger charge is -2.01. The molecule has 1 heterocycles. The predicted molar refractivity (Wildman–Crippen MR) is 82.2 cm³/mol. The molecule has 2 aromatic carbocycles. The predicted octanol–water partition coefficient (Wildman–Crippen LogP) is 3.96. The van der Waals surface area contributed by atoms with Crippen LogP contribution in [0.25, 0.3) is 10.5 Å². The fraction of sp³-hybridized carbons (Fsp3) is 0. The highest BCUT2D eigenvalue weighted by Gasteiger charge is 2.04. The molecule has 0 atom stereocenters. The van der Waals surface area contributed by atoms with Crippen LogP contribution in [-0.2, 0) is 0 Å². The molecule has 1 aromatic heterocycles. The molecule has 0 fully saturated rings. The van der Waals surface area contributed by atoms with Crippen molar-refractivity contribution in [3.63, 3.8) is 0 Å². The Kier molecular flexibility index (Phi) is 3.68. The van der Waals surface area contributed by atoms with Crippen molar-refractivity contribution in [2.75, 3.05) is 0 Å². The van der Waals surface area contributed by atoms with Gasteiger partial charge >= 0.3 is 0 Å². The highest BCUT2D eigenvalue weighted by molar-refractivity contribution is 5.52. The number of hydrogen-bond donors (Lipinski definition) is 0. The Bertz CT molecular complexity index is 909. The van der Waals surface area contributed by atoms with E-state index in [1.807, 2.05) is 30.3 Å². The number of nitrogens with zero attached hydrogens (tertiary/aromatic N) is 3. The van der Waals surface area contributed by atoms with Crippen LogP contribution in [0.3, 0.4) is 0 Å². The summed E-state index contributed by atoms with van der Waals surface area (Å²) in [5.74, 6) is 5.51. The Balaban J connectivity index is 1.90. The monoisotopic (exact) mass is 287 g/mol. The second-order valence-corrected chi connectivity index (χ2v) is 4.54. The van der Waals surface area contributed by atoms with Crippen molar-refractivity contribution in [2.45, 2.75) is 0 Å². The van der Waals surface area contributed by atoms with Gasteiger partial charge < -0.3 is 0 Å². The van der Waals surface area contributed by atoms with E-state index in [-0.39, 0.29) is 5.69 Å². The Hall–Kier alpha value is -3.37. The van der Waals surface area contributed by atoms with Gasteiger partial charge in [0, 0.05) is 11.8 Å². The maximum Gasteiger partial charge on any atom is 0.192 e. The van der Waals surface area contributed by atoms with Crippen LogP contribution in [0.2, 0.25) is 0 Å². The summed E-state index contributed by atoms with van der Waals surface area (Å²) in [4.78, 5) is 3.24. The third-order valence-electron chi connectivity index (χ3n) is 2.96. The zero-order valence-corrected chi connectivity index (χ0v) is 11.5. The van der Waals surface area contributed by atoms with Crippen LogP contribution >= 0.6 is 0 Å². The minimum Gasteiger partial charge on any atom is -0.241 e. The first kappa shape index (κ1) is 13.6. The van der Waals surface area contributed by atoms with E-state index in [9.17, 15) is 4.39 Å². The molecule has 0 bridgehead atoms. The van der Waals surface area contributed by atoms with Gasteiger partial charge in [-0.3, -0.25) is 0 Å². The SMILES string of the molecule is [C-]#[N+]c1cc(F)cc(-n2ccc(C#Cc3ccccc3)n2)c1. The number of hydrogen-bond acceptors (Lipinski definition) is 1. The maximum absolute atomic E-state index is 13.5. The van der Waals surface area contributed by atoms with Crippen molar-refractivity contribution in [3.05, 3.63) is 89.3 Å². The third-order valence-corrected chi connectivity index (χ3v) is 2.96. The van der Waals surface area contributed by atoms with Gasteiger partial charge in [-0.1, -0.05) is 24.1 Å². The molecule has 0 saturated heterocycles. The quantitative estimate of drug-likeness (QED) is 0.490. The minimum absolute atomic E-state index is 0.238. The molecule has 0 spiro atoms. The van der Waals surface area contributed by atoms with Gasteiger partial charge in [-0.15, -0.1) is 0 Å². The van der Waals surface area contributed by atoms with E-state index in [1.54, 1.807) is 18.3 Å². The van der Waals surface area contributed by atoms with E-state index in [2.05, 4.69) is 21.8 Å². The molecule has 0 aliphatic carbocycles. The molecule has 4 heteroatoms. The van der Waals surface area contributed by atoms with Crippen LogP contribution in [0.1, 0.15) is 11.3 Å². The van der Waals surface area contributed by atoms with Crippen LogP contribution in [0.15, 0.2) is 60.8 Å². The Labute approximate surface area is 127 Å². The summed E-state index contributed by atoms with van der Waals surface area (Å²) in [5, 5.41) is 4.29. The highest BCUT2D eigenvalue weighted by atomic mass is 19.1. The lowest BCUT2D eigenvalue weighted by molar-refractivity contribution is 0.626. The van der Waals surface area contributed by atoms with E-state index in [4.69, 9.17) is 6.57 Å². The van der Waals surface area contributed by atoms with Crippen LogP contribution in [0.5, 0.6) is 0 Å². The zero-order chi connectivity index (χ0) is 15.4. The molecule has 0 saturated carbocycles. The van der Waals surface area contributed by atoms with Crippen molar-refractivity contribution in [1.29, 1.82) is 0 Å². The first-order chi connectivity index (χ1) is 10.7. The van der Waals surface area contributed by atoms with Crippen LogP contribution in [-0.4, -0.2) is 9.78 Å². The Morgan fingerprint density at radius 1 is 1.05 bits per heavy atom. The lowest BCUT2D eigenvalue weighted by Crippen LogP contribution is -1.95. The first-order valence-electron chi connectivity index (χ1n) is 6.56. The number of aromatic nitrogens is 2. The van der Waals surface area contributed by atoms with Crippen molar-refractivity contribution in [3.8, 4) is 17.5 Å². The molecule has 0 N–H and O–H groups in total. The summed E-state index contributed by atoms with van der Waals surface area (Å²) in [6.07, 6.45) is 1.69. The van der Waals surface area contributed by atoms with Gasteiger partial charge in [0.2, 0.25) is 0 Å². The lowest BCUT2D eigenvalue weighted by atomic mass is 10.2. The summed E-state index contributed by atoms with van der Waals surface area (Å²) in [5.41, 5.74) is 2.22. The van der Waals surface area contributed by atoms with Crippen LogP contribution in [0.4, 0.5) is 10.1 Å². The zero-order valence-electron chi connectivity index (χ0n) is 11.5. The second-order valence-electron chi connectivity index (χ2n) is 4.54. The van der Waals surface area contributed by atoms with Gasteiger partial charge in [-0.2, -0.15) is 5.10 Å². The molecule has 3 aromatic rings. The molecule has 22 heavy (non-hydrogen) atoms. The number of rotatable bonds is 1. The third kappa shape index (κ3) is 3.03. The van der Waals surface area contributed by atoms with E-state index < -0.39 is 5.82 Å². The smallest absolute Gasteiger partial charge is 0.192 e. The van der Waals surface area contributed by atoms with E-state index in [1.165, 1.54) is 16.8 Å². The van der Waals surface area contributed by atoms with Crippen LogP contribution < -0.4 is 0 Å². The molecule has 0 aliphatic heterocycles. The molecule has 0 amide bonds. The fourth-order valence-corrected chi connectivity index (χ4v) is 1.95. The normalized spacial score (nSPS) is 9.64. The minimum atomic E-state index is -0.462. The summed E-state index contributed by atoms with van der Waals surface area (Å²) >= 11 is 0. The number of benzene rings is 2. The van der Waals surface area contributed by atoms with Crippen LogP contribution in [0, 0.1) is 24.2 Å². The standard InChI is InChI=1S/C18H10FN3/c1-20-17-11-15(19)12-18(13-17)22-10-9-16(21-22)8-7-14-5-3-2-4-6-14/h2-6,9-13H. The first-order valence-corrected chi connectivity index (χ1v) is 6.56. The number of halogens is 1. The maximum atomic E-state index is 13.5. The van der Waals surface area contributed by atoms with Gasteiger partial charge in [-0.25, -0.2) is 13.9 Å². The Morgan fingerprint density at radius 3 is 2.64 bits per heavy atom. The average molecular weight is 287 g/mol. The molecule has 104 valence electrons. The van der Waals surface area contributed by atoms with Crippen molar-refractivity contribution >= 4 is 5.69 Å². The van der Waals surface area contributed by atoms with E-state index in [0.29, 0.717) is 11.4 Å². The van der Waals surface area contributed by atoms with Crippen molar-refractivity contribution in [1.82, 2.24) is 9.78 Å². The van der Waals surface area contributed by atoms with Gasteiger partial charge in [0.05, 0.1) is 12.3 Å². The molecule has 3 rings (SSSR count). The van der Waals surface area contributed by atoms with Crippen molar-refractivity contribution in [2.24, 2.45) is 0 Å². The largest absolute Gasteiger partial charge is 0.241 e. The summed E-state index contributed by atoms with van der Waals surface area (Å²) in [6, 6.07) is 15.4. The van der Waals surface area contributed by atoms with E-state index >= 15 is 0 Å². The molecule has 3 nitrogen and oxygen atoms in total. The fourth-order valence-electron chi connectivity index (χ4n) is 1.95. The molecular formula is C18H10FN3. The van der Waals surface area contributed by atoms with Gasteiger partial charge in [-0.05, 0) is 42.3 Å². The summed E-state index contributed by atoms with van der Waals surface area (Å²) in [6.45, 7) is 6.97.